The van der Waals surface area contributed by atoms with Crippen LogP contribution in [0.4, 0.5) is 5.69 Å². The van der Waals surface area contributed by atoms with Crippen molar-refractivity contribution in [1.29, 1.82) is 0 Å². The second-order valence-electron chi connectivity index (χ2n) is 4.44. The number of halogens is 2. The lowest BCUT2D eigenvalue weighted by molar-refractivity contribution is -0.144. The summed E-state index contributed by atoms with van der Waals surface area (Å²) in [5.74, 6) is -0.238. The molecule has 2 heterocycles. The van der Waals surface area contributed by atoms with E-state index in [2.05, 4.69) is 5.43 Å². The summed E-state index contributed by atoms with van der Waals surface area (Å²) in [7, 11) is 0. The molecule has 5 nitrogen and oxygen atoms in total. The number of fused-ring (bicyclic) bond motifs is 3. The molecule has 7 heteroatoms. The number of carbonyl (C=O) groups excluding carboxylic acids is 1. The summed E-state index contributed by atoms with van der Waals surface area (Å²) >= 11 is 12.3. The maximum Gasteiger partial charge on any atom is 0.320 e. The van der Waals surface area contributed by atoms with E-state index in [1.807, 2.05) is 16.0 Å². The quantitative estimate of drug-likeness (QED) is 0.683. The van der Waals surface area contributed by atoms with Gasteiger partial charge < -0.3 is 4.74 Å². The zero-order valence-corrected chi connectivity index (χ0v) is 11.8. The van der Waals surface area contributed by atoms with Gasteiger partial charge >= 0.3 is 5.97 Å². The molecule has 2 aliphatic rings. The molecule has 1 aromatic rings. The number of esters is 1. The SMILES string of the molecule is CCOC(=O)CN1Cc2c(ccc(Cl)c2Cl)N2N[C@@H]12. The fourth-order valence-electron chi connectivity index (χ4n) is 2.30. The highest BCUT2D eigenvalue weighted by Crippen LogP contribution is 2.41. The van der Waals surface area contributed by atoms with Gasteiger partial charge in [-0.25, -0.2) is 0 Å². The van der Waals surface area contributed by atoms with Crippen molar-refractivity contribution in [2.45, 2.75) is 19.8 Å². The molecule has 0 aromatic heterocycles. The van der Waals surface area contributed by atoms with Gasteiger partial charge in [0.15, 0.2) is 6.29 Å². The van der Waals surface area contributed by atoms with E-state index >= 15 is 0 Å². The van der Waals surface area contributed by atoms with Crippen LogP contribution in [0.25, 0.3) is 0 Å². The lowest BCUT2D eigenvalue weighted by Crippen LogP contribution is -2.38. The second-order valence-corrected chi connectivity index (χ2v) is 5.23. The first-order valence-corrected chi connectivity index (χ1v) is 6.79. The minimum absolute atomic E-state index is 0.0362. The van der Waals surface area contributed by atoms with Gasteiger partial charge in [-0.3, -0.25) is 14.7 Å². The molecule has 1 fully saturated rings. The van der Waals surface area contributed by atoms with Crippen LogP contribution in [0.15, 0.2) is 12.1 Å². The number of carbonyl (C=O) groups is 1. The molecule has 0 bridgehead atoms. The first-order valence-electron chi connectivity index (χ1n) is 6.03. The number of nitrogens with one attached hydrogen (secondary N) is 1. The minimum atomic E-state index is -0.238. The van der Waals surface area contributed by atoms with Crippen molar-refractivity contribution in [2.75, 3.05) is 18.2 Å². The lowest BCUT2D eigenvalue weighted by Gasteiger charge is -2.27. The van der Waals surface area contributed by atoms with E-state index in [1.54, 1.807) is 13.0 Å². The molecule has 0 amide bonds. The molecule has 19 heavy (non-hydrogen) atoms. The number of rotatable bonds is 3. The van der Waals surface area contributed by atoms with Crippen molar-refractivity contribution in [3.63, 3.8) is 0 Å². The maximum absolute atomic E-state index is 11.6. The van der Waals surface area contributed by atoms with Crippen LogP contribution in [-0.2, 0) is 16.1 Å². The third-order valence-electron chi connectivity index (χ3n) is 3.21. The van der Waals surface area contributed by atoms with Gasteiger partial charge in [0, 0.05) is 12.1 Å². The maximum atomic E-state index is 11.6. The number of hydrogen-bond acceptors (Lipinski definition) is 5. The normalized spacial score (nSPS) is 20.8. The van der Waals surface area contributed by atoms with Crippen LogP contribution in [-0.4, -0.2) is 30.3 Å². The first-order chi connectivity index (χ1) is 9.11. The van der Waals surface area contributed by atoms with Gasteiger partial charge in [-0.2, -0.15) is 5.43 Å². The molecule has 2 aliphatic heterocycles. The van der Waals surface area contributed by atoms with Crippen molar-refractivity contribution in [1.82, 2.24) is 10.3 Å². The summed E-state index contributed by atoms with van der Waals surface area (Å²) in [6, 6.07) is 3.71. The minimum Gasteiger partial charge on any atom is -0.465 e. The smallest absolute Gasteiger partial charge is 0.320 e. The molecule has 0 unspecified atom stereocenters. The van der Waals surface area contributed by atoms with E-state index in [4.69, 9.17) is 27.9 Å². The molecule has 1 saturated heterocycles. The van der Waals surface area contributed by atoms with Gasteiger partial charge in [-0.15, -0.1) is 0 Å². The molecule has 0 radical (unpaired) electrons. The monoisotopic (exact) mass is 301 g/mol. The van der Waals surface area contributed by atoms with Gasteiger partial charge in [0.25, 0.3) is 0 Å². The first kappa shape index (κ1) is 13.0. The lowest BCUT2D eigenvalue weighted by atomic mass is 10.1. The van der Waals surface area contributed by atoms with Crippen LogP contribution < -0.4 is 10.4 Å². The van der Waals surface area contributed by atoms with E-state index in [0.717, 1.165) is 11.3 Å². The molecule has 1 N–H and O–H groups in total. The molecule has 1 atom stereocenters. The van der Waals surface area contributed by atoms with E-state index in [1.165, 1.54) is 0 Å². The van der Waals surface area contributed by atoms with E-state index < -0.39 is 0 Å². The largest absolute Gasteiger partial charge is 0.465 e. The predicted molar refractivity (Wildman–Crippen MR) is 72.9 cm³/mol. The van der Waals surface area contributed by atoms with E-state index in [0.29, 0.717) is 23.2 Å². The Morgan fingerprint density at radius 1 is 1.53 bits per heavy atom. The third-order valence-corrected chi connectivity index (χ3v) is 4.05. The van der Waals surface area contributed by atoms with Gasteiger partial charge in [0.2, 0.25) is 0 Å². The number of ether oxygens (including phenoxy) is 1. The number of hydrogen-bond donors (Lipinski definition) is 1. The fraction of sp³-hybridized carbons (Fsp3) is 0.417. The van der Waals surface area contributed by atoms with Crippen LogP contribution in [0, 0.1) is 0 Å². The second kappa shape index (κ2) is 4.83. The molecule has 0 saturated carbocycles. The van der Waals surface area contributed by atoms with Crippen LogP contribution in [0.3, 0.4) is 0 Å². The molecule has 0 spiro atoms. The Balaban J connectivity index is 1.82. The van der Waals surface area contributed by atoms with E-state index in [9.17, 15) is 4.79 Å². The topological polar surface area (TPSA) is 54.5 Å². The van der Waals surface area contributed by atoms with Crippen molar-refractivity contribution >= 4 is 34.9 Å². The number of benzene rings is 1. The van der Waals surface area contributed by atoms with Crippen molar-refractivity contribution in [2.24, 2.45) is 0 Å². The standard InChI is InChI=1S/C12H13Cl2N3O2/c1-2-19-10(18)6-16-5-7-9(17-12(16)15-17)4-3-8(13)11(7)14/h3-4,12,15H,2,5-6H2,1H3/t12-,17?/m0/s1. The average Bonchev–Trinajstić information content (AvgIpc) is 3.15. The summed E-state index contributed by atoms with van der Waals surface area (Å²) in [6.07, 6.45) is 0.0362. The summed E-state index contributed by atoms with van der Waals surface area (Å²) in [5, 5.41) is 3.03. The number of nitrogens with zero attached hydrogens (tertiary/aromatic N) is 2. The highest BCUT2D eigenvalue weighted by molar-refractivity contribution is 6.42. The Kier molecular flexibility index (Phi) is 3.30. The zero-order valence-electron chi connectivity index (χ0n) is 10.3. The molecule has 3 rings (SSSR count). The zero-order chi connectivity index (χ0) is 13.6. The van der Waals surface area contributed by atoms with Gasteiger partial charge in [-0.05, 0) is 19.1 Å². The Hall–Kier alpha value is -1.01. The molecule has 0 aliphatic carbocycles. The van der Waals surface area contributed by atoms with Crippen LogP contribution in [0.1, 0.15) is 12.5 Å². The van der Waals surface area contributed by atoms with Crippen molar-refractivity contribution in [3.05, 3.63) is 27.7 Å². The van der Waals surface area contributed by atoms with E-state index in [-0.39, 0.29) is 18.8 Å². The van der Waals surface area contributed by atoms with Gasteiger partial charge in [0.05, 0.1) is 28.9 Å². The highest BCUT2D eigenvalue weighted by atomic mass is 35.5. The Labute approximate surface area is 121 Å². The van der Waals surface area contributed by atoms with Crippen molar-refractivity contribution < 1.29 is 9.53 Å². The van der Waals surface area contributed by atoms with Crippen LogP contribution in [0.2, 0.25) is 10.0 Å². The van der Waals surface area contributed by atoms with Crippen molar-refractivity contribution in [3.8, 4) is 0 Å². The van der Waals surface area contributed by atoms with Gasteiger partial charge in [0.1, 0.15) is 0 Å². The number of anilines is 1. The Morgan fingerprint density at radius 2 is 2.32 bits per heavy atom. The third kappa shape index (κ3) is 2.27. The molecular weight excluding hydrogens is 289 g/mol. The van der Waals surface area contributed by atoms with Crippen LogP contribution >= 0.6 is 23.2 Å². The molecule has 1 aromatic carbocycles. The molecule has 102 valence electrons. The predicted octanol–water partition coefficient (Wildman–Crippen LogP) is 1.98. The summed E-state index contributed by atoms with van der Waals surface area (Å²) in [4.78, 5) is 13.5. The summed E-state index contributed by atoms with van der Waals surface area (Å²) in [6.45, 7) is 2.98. The summed E-state index contributed by atoms with van der Waals surface area (Å²) < 4.78 is 4.97. The highest BCUT2D eigenvalue weighted by Gasteiger charge is 2.45. The number of hydrazine groups is 1. The fourth-order valence-corrected chi connectivity index (χ4v) is 2.70. The average molecular weight is 302 g/mol. The van der Waals surface area contributed by atoms with Gasteiger partial charge in [-0.1, -0.05) is 23.2 Å². The summed E-state index contributed by atoms with van der Waals surface area (Å²) in [5.41, 5.74) is 5.12. The molecular formula is C12H13Cl2N3O2. The Bertz CT molecular complexity index is 538. The Morgan fingerprint density at radius 3 is 3.05 bits per heavy atom. The van der Waals surface area contributed by atoms with Crippen LogP contribution in [0.5, 0.6) is 0 Å².